The van der Waals surface area contributed by atoms with Crippen molar-refractivity contribution in [3.05, 3.63) is 24.0 Å². The lowest BCUT2D eigenvalue weighted by molar-refractivity contribution is 0.0326. The summed E-state index contributed by atoms with van der Waals surface area (Å²) < 4.78 is 0. The van der Waals surface area contributed by atoms with Crippen LogP contribution < -0.4 is 11.1 Å². The SMILES string of the molecule is Cl.Nc1ccc(C(=O)NCC2(N3CCCCC3)CCCCC2)nc1. The molecular weight excluding hydrogens is 324 g/mol. The van der Waals surface area contributed by atoms with Crippen molar-refractivity contribution < 1.29 is 4.79 Å². The molecule has 1 aliphatic carbocycles. The molecule has 6 heteroatoms. The summed E-state index contributed by atoms with van der Waals surface area (Å²) in [4.78, 5) is 19.2. The van der Waals surface area contributed by atoms with Crippen LogP contribution in [0.15, 0.2) is 18.3 Å². The van der Waals surface area contributed by atoms with E-state index in [4.69, 9.17) is 5.73 Å². The first kappa shape index (κ1) is 19.0. The fourth-order valence-corrected chi connectivity index (χ4v) is 4.06. The van der Waals surface area contributed by atoms with Gasteiger partial charge in [0.1, 0.15) is 5.69 Å². The molecule has 0 unspecified atom stereocenters. The van der Waals surface area contributed by atoms with E-state index in [1.807, 2.05) is 0 Å². The van der Waals surface area contributed by atoms with Crippen LogP contribution in [0.4, 0.5) is 5.69 Å². The van der Waals surface area contributed by atoms with Gasteiger partial charge in [-0.3, -0.25) is 9.69 Å². The molecule has 0 aromatic carbocycles. The highest BCUT2D eigenvalue weighted by Gasteiger charge is 2.38. The summed E-state index contributed by atoms with van der Waals surface area (Å²) in [6.07, 6.45) is 11.7. The number of amides is 1. The van der Waals surface area contributed by atoms with Gasteiger partial charge < -0.3 is 11.1 Å². The predicted molar refractivity (Wildman–Crippen MR) is 99.5 cm³/mol. The van der Waals surface area contributed by atoms with Crippen molar-refractivity contribution in [2.24, 2.45) is 0 Å². The van der Waals surface area contributed by atoms with Gasteiger partial charge in [0, 0.05) is 12.1 Å². The Kier molecular flexibility index (Phi) is 6.87. The van der Waals surface area contributed by atoms with E-state index in [1.165, 1.54) is 70.7 Å². The first-order valence-corrected chi connectivity index (χ1v) is 8.94. The summed E-state index contributed by atoms with van der Waals surface area (Å²) in [5, 5.41) is 3.14. The molecule has 5 nitrogen and oxygen atoms in total. The summed E-state index contributed by atoms with van der Waals surface area (Å²) in [7, 11) is 0. The summed E-state index contributed by atoms with van der Waals surface area (Å²) in [6, 6.07) is 3.42. The molecule has 2 heterocycles. The highest BCUT2D eigenvalue weighted by molar-refractivity contribution is 5.92. The molecule has 2 aliphatic rings. The van der Waals surface area contributed by atoms with Crippen LogP contribution >= 0.6 is 12.4 Å². The number of halogens is 1. The number of anilines is 1. The van der Waals surface area contributed by atoms with Crippen LogP contribution in [0.25, 0.3) is 0 Å². The van der Waals surface area contributed by atoms with Crippen molar-refractivity contribution in [2.45, 2.75) is 56.9 Å². The summed E-state index contributed by atoms with van der Waals surface area (Å²) in [6.45, 7) is 3.09. The van der Waals surface area contributed by atoms with Crippen LogP contribution in [0.1, 0.15) is 61.9 Å². The van der Waals surface area contributed by atoms with Crippen LogP contribution in [0.3, 0.4) is 0 Å². The lowest BCUT2D eigenvalue weighted by Gasteiger charge is -2.48. The van der Waals surface area contributed by atoms with Crippen LogP contribution in [-0.2, 0) is 0 Å². The highest BCUT2D eigenvalue weighted by atomic mass is 35.5. The van der Waals surface area contributed by atoms with Crippen molar-refractivity contribution in [1.82, 2.24) is 15.2 Å². The maximum absolute atomic E-state index is 12.4. The van der Waals surface area contributed by atoms with Gasteiger partial charge in [0.2, 0.25) is 0 Å². The Hall–Kier alpha value is -1.33. The number of rotatable bonds is 4. The Morgan fingerprint density at radius 2 is 1.79 bits per heavy atom. The minimum absolute atomic E-state index is 0. The zero-order valence-corrected chi connectivity index (χ0v) is 15.1. The number of nitrogens with zero attached hydrogens (tertiary/aromatic N) is 2. The lowest BCUT2D eigenvalue weighted by Crippen LogP contribution is -2.58. The number of carbonyl (C=O) groups excluding carboxylic acids is 1. The second-order valence-electron chi connectivity index (χ2n) is 6.99. The smallest absolute Gasteiger partial charge is 0.269 e. The van der Waals surface area contributed by atoms with Crippen molar-refractivity contribution in [3.8, 4) is 0 Å². The van der Waals surface area contributed by atoms with E-state index in [-0.39, 0.29) is 23.9 Å². The molecule has 134 valence electrons. The van der Waals surface area contributed by atoms with Crippen LogP contribution in [0, 0.1) is 0 Å². The monoisotopic (exact) mass is 352 g/mol. The Bertz CT molecular complexity index is 522. The molecule has 1 saturated carbocycles. The number of nitrogens with two attached hydrogens (primary N) is 1. The number of pyridine rings is 1. The van der Waals surface area contributed by atoms with Crippen molar-refractivity contribution in [3.63, 3.8) is 0 Å². The number of carbonyl (C=O) groups is 1. The number of hydrogen-bond donors (Lipinski definition) is 2. The molecule has 1 amide bonds. The minimum atomic E-state index is -0.0908. The number of nitrogen functional groups attached to an aromatic ring is 1. The second kappa shape index (κ2) is 8.67. The van der Waals surface area contributed by atoms with E-state index < -0.39 is 0 Å². The van der Waals surface area contributed by atoms with Gasteiger partial charge in [0.05, 0.1) is 11.9 Å². The third-order valence-corrected chi connectivity index (χ3v) is 5.41. The Balaban J connectivity index is 0.00000208. The molecule has 0 atom stereocenters. The van der Waals surface area contributed by atoms with E-state index in [0.29, 0.717) is 11.4 Å². The maximum Gasteiger partial charge on any atom is 0.269 e. The summed E-state index contributed by atoms with van der Waals surface area (Å²) in [5.41, 5.74) is 6.82. The van der Waals surface area contributed by atoms with E-state index in [1.54, 1.807) is 12.1 Å². The van der Waals surface area contributed by atoms with Gasteiger partial charge >= 0.3 is 0 Å². The second-order valence-corrected chi connectivity index (χ2v) is 6.99. The molecular formula is C18H29ClN4O. The summed E-state index contributed by atoms with van der Waals surface area (Å²) >= 11 is 0. The van der Waals surface area contributed by atoms with E-state index in [9.17, 15) is 4.79 Å². The third-order valence-electron chi connectivity index (χ3n) is 5.41. The van der Waals surface area contributed by atoms with Gasteiger partial charge in [0.25, 0.3) is 5.91 Å². The van der Waals surface area contributed by atoms with Crippen molar-refractivity contribution in [2.75, 3.05) is 25.4 Å². The average molecular weight is 353 g/mol. The van der Waals surface area contributed by atoms with E-state index in [0.717, 1.165) is 6.54 Å². The predicted octanol–water partition coefficient (Wildman–Crippen LogP) is 3.00. The quantitative estimate of drug-likeness (QED) is 0.873. The highest BCUT2D eigenvalue weighted by Crippen LogP contribution is 2.35. The number of nitrogens with one attached hydrogen (secondary N) is 1. The van der Waals surface area contributed by atoms with E-state index in [2.05, 4.69) is 15.2 Å². The molecule has 0 radical (unpaired) electrons. The molecule has 2 fully saturated rings. The minimum Gasteiger partial charge on any atom is -0.397 e. The van der Waals surface area contributed by atoms with Gasteiger partial charge in [-0.2, -0.15) is 0 Å². The molecule has 3 N–H and O–H groups in total. The Morgan fingerprint density at radius 3 is 2.42 bits per heavy atom. The molecule has 0 bridgehead atoms. The molecule has 24 heavy (non-hydrogen) atoms. The number of likely N-dealkylation sites (tertiary alicyclic amines) is 1. The zero-order valence-electron chi connectivity index (χ0n) is 14.3. The summed E-state index contributed by atoms with van der Waals surface area (Å²) in [5.74, 6) is -0.0908. The zero-order chi connectivity index (χ0) is 16.1. The Morgan fingerprint density at radius 1 is 1.12 bits per heavy atom. The van der Waals surface area contributed by atoms with Gasteiger partial charge in [-0.15, -0.1) is 12.4 Å². The topological polar surface area (TPSA) is 71.2 Å². The number of piperidine rings is 1. The molecule has 1 aromatic heterocycles. The first-order chi connectivity index (χ1) is 11.2. The number of aromatic nitrogens is 1. The fourth-order valence-electron chi connectivity index (χ4n) is 4.06. The first-order valence-electron chi connectivity index (χ1n) is 8.94. The van der Waals surface area contributed by atoms with Crippen molar-refractivity contribution >= 4 is 24.0 Å². The van der Waals surface area contributed by atoms with Crippen LogP contribution in [-0.4, -0.2) is 41.0 Å². The molecule has 1 saturated heterocycles. The normalized spacial score (nSPS) is 20.8. The number of hydrogen-bond acceptors (Lipinski definition) is 4. The van der Waals surface area contributed by atoms with E-state index >= 15 is 0 Å². The van der Waals surface area contributed by atoms with Crippen molar-refractivity contribution in [1.29, 1.82) is 0 Å². The van der Waals surface area contributed by atoms with Gasteiger partial charge in [-0.05, 0) is 50.9 Å². The van der Waals surface area contributed by atoms with Gasteiger partial charge in [-0.25, -0.2) is 4.98 Å². The standard InChI is InChI=1S/C18H28N4O.ClH/c19-15-7-8-16(20-13-15)17(23)21-14-18(9-3-1-4-10-18)22-11-5-2-6-12-22;/h7-8,13H,1-6,9-12,14,19H2,(H,21,23);1H. The molecule has 3 rings (SSSR count). The lowest BCUT2D eigenvalue weighted by atomic mass is 9.79. The molecule has 1 aliphatic heterocycles. The molecule has 0 spiro atoms. The third kappa shape index (κ3) is 4.39. The van der Waals surface area contributed by atoms with Gasteiger partial charge in [-0.1, -0.05) is 25.7 Å². The average Bonchev–Trinajstić information content (AvgIpc) is 2.62. The van der Waals surface area contributed by atoms with Crippen LogP contribution in [0.5, 0.6) is 0 Å². The maximum atomic E-state index is 12.4. The fraction of sp³-hybridized carbons (Fsp3) is 0.667. The van der Waals surface area contributed by atoms with Gasteiger partial charge in [0.15, 0.2) is 0 Å². The molecule has 1 aromatic rings. The Labute approximate surface area is 150 Å². The van der Waals surface area contributed by atoms with Crippen LogP contribution in [0.2, 0.25) is 0 Å². The largest absolute Gasteiger partial charge is 0.397 e.